The molecule has 0 radical (unpaired) electrons. The zero-order chi connectivity index (χ0) is 10.4. The van der Waals surface area contributed by atoms with E-state index in [1.165, 1.54) is 12.1 Å². The number of benzene rings is 1. The Morgan fingerprint density at radius 3 is 2.57 bits per heavy atom. The minimum absolute atomic E-state index is 0.115. The second kappa shape index (κ2) is 5.41. The zero-order valence-corrected chi connectivity index (χ0v) is 8.26. The van der Waals surface area contributed by atoms with Crippen LogP contribution < -0.4 is 5.32 Å². The lowest BCUT2D eigenvalue weighted by molar-refractivity contribution is 0.613. The molecule has 0 saturated heterocycles. The molecule has 1 rings (SSSR count). The maximum Gasteiger partial charge on any atom is 0.123 e. The summed E-state index contributed by atoms with van der Waals surface area (Å²) in [6.45, 7) is 2.94. The van der Waals surface area contributed by atoms with Crippen LogP contribution in [-0.2, 0) is 0 Å². The summed E-state index contributed by atoms with van der Waals surface area (Å²) in [5.41, 5.74) is 0.933. The normalized spacial score (nSPS) is 12.1. The number of halogens is 1. The first-order valence-corrected chi connectivity index (χ1v) is 4.73. The van der Waals surface area contributed by atoms with Crippen molar-refractivity contribution in [1.82, 2.24) is 5.32 Å². The van der Waals surface area contributed by atoms with Crippen molar-refractivity contribution in [3.63, 3.8) is 0 Å². The highest BCUT2D eigenvalue weighted by atomic mass is 19.1. The summed E-state index contributed by atoms with van der Waals surface area (Å²) in [4.78, 5) is 0. The van der Waals surface area contributed by atoms with E-state index in [1.54, 1.807) is 12.1 Å². The van der Waals surface area contributed by atoms with Gasteiger partial charge in [-0.15, -0.1) is 6.42 Å². The van der Waals surface area contributed by atoms with Crippen LogP contribution in [0.4, 0.5) is 4.39 Å². The third kappa shape index (κ3) is 2.86. The minimum Gasteiger partial charge on any atom is -0.300 e. The van der Waals surface area contributed by atoms with Crippen molar-refractivity contribution < 1.29 is 4.39 Å². The fourth-order valence-electron chi connectivity index (χ4n) is 1.22. The molecule has 0 bridgehead atoms. The van der Waals surface area contributed by atoms with Crippen LogP contribution in [-0.4, -0.2) is 6.54 Å². The smallest absolute Gasteiger partial charge is 0.123 e. The minimum atomic E-state index is -0.236. The Kier molecular flexibility index (Phi) is 4.15. The molecule has 0 heterocycles. The highest BCUT2D eigenvalue weighted by Gasteiger charge is 2.05. The number of hydrogen-bond donors (Lipinski definition) is 1. The summed E-state index contributed by atoms with van der Waals surface area (Å²) in [5.74, 6) is 2.40. The number of terminal acetylenes is 1. The molecule has 0 saturated carbocycles. The summed E-state index contributed by atoms with van der Waals surface area (Å²) >= 11 is 0. The Balaban J connectivity index is 2.70. The van der Waals surface area contributed by atoms with Crippen molar-refractivity contribution in [3.05, 3.63) is 35.6 Å². The number of rotatable bonds is 4. The third-order valence-corrected chi connectivity index (χ3v) is 1.97. The third-order valence-electron chi connectivity index (χ3n) is 1.97. The van der Waals surface area contributed by atoms with Gasteiger partial charge in [0.2, 0.25) is 0 Å². The quantitative estimate of drug-likeness (QED) is 0.721. The summed E-state index contributed by atoms with van der Waals surface area (Å²) in [6, 6.07) is 6.15. The van der Waals surface area contributed by atoms with E-state index in [1.807, 2.05) is 0 Å². The van der Waals surface area contributed by atoms with Crippen LogP contribution in [0.5, 0.6) is 0 Å². The average Bonchev–Trinajstić information content (AvgIpc) is 2.21. The van der Waals surface area contributed by atoms with Gasteiger partial charge in [-0.3, -0.25) is 0 Å². The Bertz CT molecular complexity index is 310. The average molecular weight is 191 g/mol. The van der Waals surface area contributed by atoms with Crippen LogP contribution in [0.2, 0.25) is 0 Å². The van der Waals surface area contributed by atoms with Gasteiger partial charge in [0.15, 0.2) is 0 Å². The van der Waals surface area contributed by atoms with Crippen LogP contribution >= 0.6 is 0 Å². The molecule has 1 atom stereocenters. The van der Waals surface area contributed by atoms with Gasteiger partial charge in [0.05, 0.1) is 6.04 Å². The van der Waals surface area contributed by atoms with Gasteiger partial charge in [0.25, 0.3) is 0 Å². The predicted molar refractivity (Wildman–Crippen MR) is 56.3 cm³/mol. The van der Waals surface area contributed by atoms with Crippen LogP contribution in [0, 0.1) is 18.2 Å². The summed E-state index contributed by atoms with van der Waals surface area (Å²) < 4.78 is 12.6. The lowest BCUT2D eigenvalue weighted by Gasteiger charge is -2.12. The van der Waals surface area contributed by atoms with E-state index < -0.39 is 0 Å². The molecule has 2 heteroatoms. The van der Waals surface area contributed by atoms with E-state index in [-0.39, 0.29) is 11.9 Å². The van der Waals surface area contributed by atoms with E-state index >= 15 is 0 Å². The molecule has 0 amide bonds. The van der Waals surface area contributed by atoms with Crippen LogP contribution in [0.15, 0.2) is 24.3 Å². The standard InChI is InChI=1S/C12H14FN/c1-3-9-14-12(4-2)10-5-7-11(13)8-6-10/h2,5-8,12,14H,3,9H2,1H3/t12-/m0/s1. The Hall–Kier alpha value is -1.33. The SMILES string of the molecule is C#C[C@H](NCCC)c1ccc(F)cc1. The lowest BCUT2D eigenvalue weighted by atomic mass is 10.1. The van der Waals surface area contributed by atoms with E-state index in [2.05, 4.69) is 18.2 Å². The molecule has 0 aliphatic carbocycles. The Morgan fingerprint density at radius 1 is 1.43 bits per heavy atom. The molecular formula is C12H14FN. The van der Waals surface area contributed by atoms with E-state index in [4.69, 9.17) is 6.42 Å². The molecule has 1 aromatic carbocycles. The largest absolute Gasteiger partial charge is 0.300 e. The van der Waals surface area contributed by atoms with E-state index in [0.717, 1.165) is 18.5 Å². The highest BCUT2D eigenvalue weighted by molar-refractivity contribution is 5.25. The van der Waals surface area contributed by atoms with Crippen molar-refractivity contribution >= 4 is 0 Å². The van der Waals surface area contributed by atoms with E-state index in [0.29, 0.717) is 0 Å². The second-order valence-corrected chi connectivity index (χ2v) is 3.11. The van der Waals surface area contributed by atoms with Crippen molar-refractivity contribution in [2.75, 3.05) is 6.54 Å². The highest BCUT2D eigenvalue weighted by Crippen LogP contribution is 2.12. The topological polar surface area (TPSA) is 12.0 Å². The molecule has 1 nitrogen and oxygen atoms in total. The van der Waals surface area contributed by atoms with Gasteiger partial charge in [-0.05, 0) is 30.7 Å². The van der Waals surface area contributed by atoms with Gasteiger partial charge < -0.3 is 5.32 Å². The van der Waals surface area contributed by atoms with Gasteiger partial charge in [-0.1, -0.05) is 25.0 Å². The van der Waals surface area contributed by atoms with Crippen molar-refractivity contribution in [2.24, 2.45) is 0 Å². The van der Waals surface area contributed by atoms with Gasteiger partial charge in [0, 0.05) is 0 Å². The van der Waals surface area contributed by atoms with Gasteiger partial charge in [0.1, 0.15) is 5.82 Å². The molecule has 0 aliphatic heterocycles. The first-order valence-electron chi connectivity index (χ1n) is 4.73. The number of hydrogen-bond acceptors (Lipinski definition) is 1. The fourth-order valence-corrected chi connectivity index (χ4v) is 1.22. The van der Waals surface area contributed by atoms with Gasteiger partial charge >= 0.3 is 0 Å². The monoisotopic (exact) mass is 191 g/mol. The first kappa shape index (κ1) is 10.7. The van der Waals surface area contributed by atoms with Gasteiger partial charge in [-0.25, -0.2) is 4.39 Å². The molecule has 0 spiro atoms. The molecule has 0 aromatic heterocycles. The second-order valence-electron chi connectivity index (χ2n) is 3.11. The van der Waals surface area contributed by atoms with Crippen LogP contribution in [0.25, 0.3) is 0 Å². The molecule has 0 fully saturated rings. The summed E-state index contributed by atoms with van der Waals surface area (Å²) in [7, 11) is 0. The molecule has 74 valence electrons. The maximum atomic E-state index is 12.6. The molecule has 0 aliphatic rings. The maximum absolute atomic E-state index is 12.6. The number of nitrogens with one attached hydrogen (secondary N) is 1. The molecule has 14 heavy (non-hydrogen) atoms. The fraction of sp³-hybridized carbons (Fsp3) is 0.333. The summed E-state index contributed by atoms with van der Waals surface area (Å²) in [5, 5.41) is 3.20. The van der Waals surface area contributed by atoms with Crippen molar-refractivity contribution in [1.29, 1.82) is 0 Å². The lowest BCUT2D eigenvalue weighted by Crippen LogP contribution is -2.20. The van der Waals surface area contributed by atoms with E-state index in [9.17, 15) is 4.39 Å². The molecular weight excluding hydrogens is 177 g/mol. The Labute approximate surface area is 84.3 Å². The Morgan fingerprint density at radius 2 is 2.07 bits per heavy atom. The summed E-state index contributed by atoms with van der Waals surface area (Å²) in [6.07, 6.45) is 6.40. The molecule has 0 unspecified atom stereocenters. The molecule has 1 N–H and O–H groups in total. The van der Waals surface area contributed by atoms with Crippen LogP contribution in [0.3, 0.4) is 0 Å². The van der Waals surface area contributed by atoms with Crippen molar-refractivity contribution in [3.8, 4) is 12.3 Å². The van der Waals surface area contributed by atoms with Gasteiger partial charge in [-0.2, -0.15) is 0 Å². The first-order chi connectivity index (χ1) is 6.77. The predicted octanol–water partition coefficient (Wildman–Crippen LogP) is 2.50. The van der Waals surface area contributed by atoms with Crippen LogP contribution in [0.1, 0.15) is 24.9 Å². The van der Waals surface area contributed by atoms with Crippen molar-refractivity contribution in [2.45, 2.75) is 19.4 Å². The zero-order valence-electron chi connectivity index (χ0n) is 8.26. The molecule has 1 aromatic rings.